The Hall–Kier alpha value is -2.44. The van der Waals surface area contributed by atoms with Crippen LogP contribution in [0.15, 0.2) is 63.4 Å². The van der Waals surface area contributed by atoms with E-state index < -0.39 is 0 Å². The molecule has 0 fully saturated rings. The molecular weight excluding hydrogens is 350 g/mol. The highest BCUT2D eigenvalue weighted by molar-refractivity contribution is 7.15. The molecule has 0 aliphatic heterocycles. The van der Waals surface area contributed by atoms with E-state index in [1.807, 2.05) is 30.5 Å². The number of thiazole rings is 1. The molecule has 0 saturated heterocycles. The second-order valence-electron chi connectivity index (χ2n) is 5.90. The molecule has 0 amide bonds. The van der Waals surface area contributed by atoms with Crippen molar-refractivity contribution in [1.29, 1.82) is 0 Å². The number of anilines is 1. The van der Waals surface area contributed by atoms with Crippen molar-refractivity contribution in [3.05, 3.63) is 85.9 Å². The normalized spacial score (nSPS) is 11.1. The van der Waals surface area contributed by atoms with E-state index in [-0.39, 0.29) is 5.56 Å². The minimum Gasteiger partial charge on any atom is -0.361 e. The number of fused-ring (bicyclic) bond motifs is 1. The second kappa shape index (κ2) is 6.82. The van der Waals surface area contributed by atoms with Gasteiger partial charge in [0.1, 0.15) is 0 Å². The zero-order chi connectivity index (χ0) is 17.2. The summed E-state index contributed by atoms with van der Waals surface area (Å²) in [6, 6.07) is 14.0. The number of nitrogens with zero attached hydrogens (tertiary/aromatic N) is 3. The molecule has 4 rings (SSSR count). The largest absolute Gasteiger partial charge is 0.361 e. The lowest BCUT2D eigenvalue weighted by Crippen LogP contribution is -2.24. The van der Waals surface area contributed by atoms with Crippen LogP contribution in [0, 0.1) is 6.92 Å². The second-order valence-corrected chi connectivity index (χ2v) is 7.52. The maximum Gasteiger partial charge on any atom is 0.259 e. The Kier molecular flexibility index (Phi) is 4.38. The van der Waals surface area contributed by atoms with Gasteiger partial charge in [-0.1, -0.05) is 18.2 Å². The standard InChI is InChI=1S/C19H17N3OS2/c1-14-12-25-19-20-16(9-18(23)22(14)19)11-21(10-15-7-8-24-13-15)17-5-3-2-4-6-17/h2-9,12-13H,10-11H2,1H3. The molecular formula is C19H17N3OS2. The first-order valence-electron chi connectivity index (χ1n) is 7.98. The number of aromatic nitrogens is 2. The molecule has 1 aromatic carbocycles. The van der Waals surface area contributed by atoms with E-state index in [2.05, 4.69) is 33.9 Å². The SMILES string of the molecule is Cc1csc2nc(CN(Cc3ccsc3)c3ccccc3)cc(=O)n12. The van der Waals surface area contributed by atoms with Crippen molar-refractivity contribution in [2.75, 3.05) is 4.90 Å². The minimum atomic E-state index is -0.0118. The summed E-state index contributed by atoms with van der Waals surface area (Å²) in [6.45, 7) is 3.32. The smallest absolute Gasteiger partial charge is 0.259 e. The highest BCUT2D eigenvalue weighted by Gasteiger charge is 2.12. The molecule has 0 aliphatic carbocycles. The molecule has 4 aromatic rings. The minimum absolute atomic E-state index is 0.0118. The van der Waals surface area contributed by atoms with Crippen LogP contribution in [0.3, 0.4) is 0 Å². The summed E-state index contributed by atoms with van der Waals surface area (Å²) < 4.78 is 1.67. The molecule has 25 heavy (non-hydrogen) atoms. The Bertz CT molecular complexity index is 1040. The quantitative estimate of drug-likeness (QED) is 0.527. The predicted molar refractivity (Wildman–Crippen MR) is 105 cm³/mol. The van der Waals surface area contributed by atoms with Crippen molar-refractivity contribution < 1.29 is 0 Å². The van der Waals surface area contributed by atoms with E-state index >= 15 is 0 Å². The lowest BCUT2D eigenvalue weighted by Gasteiger charge is -2.24. The van der Waals surface area contributed by atoms with Gasteiger partial charge in [-0.2, -0.15) is 11.3 Å². The van der Waals surface area contributed by atoms with Gasteiger partial charge in [-0.3, -0.25) is 9.20 Å². The highest BCUT2D eigenvalue weighted by atomic mass is 32.1. The topological polar surface area (TPSA) is 37.6 Å². The van der Waals surface area contributed by atoms with Crippen LogP contribution >= 0.6 is 22.7 Å². The summed E-state index contributed by atoms with van der Waals surface area (Å²) in [4.78, 5) is 20.1. The zero-order valence-corrected chi connectivity index (χ0v) is 15.4. The average Bonchev–Trinajstić information content (AvgIpc) is 3.25. The van der Waals surface area contributed by atoms with Crippen LogP contribution in [-0.2, 0) is 13.1 Å². The lowest BCUT2D eigenvalue weighted by molar-refractivity contribution is 0.779. The van der Waals surface area contributed by atoms with Crippen molar-refractivity contribution in [3.8, 4) is 0 Å². The van der Waals surface area contributed by atoms with Crippen LogP contribution in [0.2, 0.25) is 0 Å². The van der Waals surface area contributed by atoms with E-state index in [4.69, 9.17) is 4.98 Å². The molecule has 3 aromatic heterocycles. The lowest BCUT2D eigenvalue weighted by atomic mass is 10.2. The molecule has 6 heteroatoms. The van der Waals surface area contributed by atoms with Crippen LogP contribution in [0.1, 0.15) is 17.0 Å². The third-order valence-corrected chi connectivity index (χ3v) is 5.73. The number of para-hydroxylation sites is 1. The fourth-order valence-electron chi connectivity index (χ4n) is 2.86. The van der Waals surface area contributed by atoms with Crippen molar-refractivity contribution in [2.24, 2.45) is 0 Å². The van der Waals surface area contributed by atoms with Gasteiger partial charge in [0, 0.05) is 29.4 Å². The van der Waals surface area contributed by atoms with Gasteiger partial charge in [-0.05, 0) is 41.4 Å². The van der Waals surface area contributed by atoms with Gasteiger partial charge in [0.05, 0.1) is 12.2 Å². The number of benzene rings is 1. The molecule has 0 bridgehead atoms. The Morgan fingerprint density at radius 1 is 1.12 bits per heavy atom. The fraction of sp³-hybridized carbons (Fsp3) is 0.158. The van der Waals surface area contributed by atoms with Crippen molar-refractivity contribution in [2.45, 2.75) is 20.0 Å². The average molecular weight is 367 g/mol. The molecule has 0 N–H and O–H groups in total. The van der Waals surface area contributed by atoms with Gasteiger partial charge < -0.3 is 4.90 Å². The first-order chi connectivity index (χ1) is 12.2. The summed E-state index contributed by atoms with van der Waals surface area (Å²) >= 11 is 3.20. The highest BCUT2D eigenvalue weighted by Crippen LogP contribution is 2.21. The van der Waals surface area contributed by atoms with Gasteiger partial charge in [0.25, 0.3) is 5.56 Å². The molecule has 4 nitrogen and oxygen atoms in total. The maximum atomic E-state index is 12.4. The molecule has 0 radical (unpaired) electrons. The first-order valence-corrected chi connectivity index (χ1v) is 9.81. The monoisotopic (exact) mass is 367 g/mol. The van der Waals surface area contributed by atoms with Crippen LogP contribution in [-0.4, -0.2) is 9.38 Å². The van der Waals surface area contributed by atoms with E-state index in [9.17, 15) is 4.79 Å². The molecule has 0 aliphatic rings. The van der Waals surface area contributed by atoms with Crippen LogP contribution in [0.4, 0.5) is 5.69 Å². The summed E-state index contributed by atoms with van der Waals surface area (Å²) in [5.74, 6) is 0. The van der Waals surface area contributed by atoms with E-state index in [1.54, 1.807) is 21.8 Å². The molecule has 0 atom stereocenters. The fourth-order valence-corrected chi connectivity index (χ4v) is 4.41. The number of hydrogen-bond donors (Lipinski definition) is 0. The molecule has 3 heterocycles. The molecule has 0 unspecified atom stereocenters. The molecule has 0 saturated carbocycles. The third kappa shape index (κ3) is 3.36. The number of hydrogen-bond acceptors (Lipinski definition) is 5. The Morgan fingerprint density at radius 3 is 2.72 bits per heavy atom. The summed E-state index contributed by atoms with van der Waals surface area (Å²) in [5.41, 5.74) is 4.10. The summed E-state index contributed by atoms with van der Waals surface area (Å²) in [5, 5.41) is 6.21. The van der Waals surface area contributed by atoms with Gasteiger partial charge in [0.2, 0.25) is 0 Å². The van der Waals surface area contributed by atoms with Gasteiger partial charge in [-0.25, -0.2) is 4.98 Å². The number of aryl methyl sites for hydroxylation is 1. The molecule has 0 spiro atoms. The number of rotatable bonds is 5. The van der Waals surface area contributed by atoms with Crippen molar-refractivity contribution >= 4 is 33.3 Å². The Balaban J connectivity index is 1.69. The maximum absolute atomic E-state index is 12.4. The Labute approximate surface area is 153 Å². The third-order valence-electron chi connectivity index (χ3n) is 4.06. The summed E-state index contributed by atoms with van der Waals surface area (Å²) in [7, 11) is 0. The first kappa shape index (κ1) is 16.1. The van der Waals surface area contributed by atoms with Crippen molar-refractivity contribution in [1.82, 2.24) is 9.38 Å². The van der Waals surface area contributed by atoms with Crippen LogP contribution < -0.4 is 10.5 Å². The summed E-state index contributed by atoms with van der Waals surface area (Å²) in [6.07, 6.45) is 0. The van der Waals surface area contributed by atoms with Gasteiger partial charge in [-0.15, -0.1) is 11.3 Å². The van der Waals surface area contributed by atoms with E-state index in [0.29, 0.717) is 6.54 Å². The van der Waals surface area contributed by atoms with Crippen LogP contribution in [0.5, 0.6) is 0 Å². The molecule has 126 valence electrons. The zero-order valence-electron chi connectivity index (χ0n) is 13.8. The van der Waals surface area contributed by atoms with E-state index in [0.717, 1.165) is 28.6 Å². The van der Waals surface area contributed by atoms with Crippen molar-refractivity contribution in [3.63, 3.8) is 0 Å². The van der Waals surface area contributed by atoms with Gasteiger partial charge in [0.15, 0.2) is 4.96 Å². The van der Waals surface area contributed by atoms with E-state index in [1.165, 1.54) is 16.9 Å². The van der Waals surface area contributed by atoms with Crippen LogP contribution in [0.25, 0.3) is 4.96 Å². The Morgan fingerprint density at radius 2 is 1.96 bits per heavy atom. The predicted octanol–water partition coefficient (Wildman–Crippen LogP) is 4.33. The number of thiophene rings is 1. The van der Waals surface area contributed by atoms with Gasteiger partial charge >= 0.3 is 0 Å².